The van der Waals surface area contributed by atoms with Crippen molar-refractivity contribution < 1.29 is 9.59 Å². The molecule has 0 radical (unpaired) electrons. The average Bonchev–Trinajstić information content (AvgIpc) is 2.34. The third-order valence-corrected chi connectivity index (χ3v) is 3.67. The second-order valence-corrected chi connectivity index (χ2v) is 5.30. The number of amides is 2. The van der Waals surface area contributed by atoms with Gasteiger partial charge in [0.1, 0.15) is 0 Å². The van der Waals surface area contributed by atoms with E-state index >= 15 is 0 Å². The first kappa shape index (κ1) is 17.5. The molecule has 1 fully saturated rings. The van der Waals surface area contributed by atoms with Gasteiger partial charge in [0.15, 0.2) is 0 Å². The smallest absolute Gasteiger partial charge is 0.223 e. The van der Waals surface area contributed by atoms with Crippen molar-refractivity contribution in [3.8, 4) is 0 Å². The summed E-state index contributed by atoms with van der Waals surface area (Å²) in [7, 11) is 0. The molecule has 1 aromatic rings. The molecule has 1 atom stereocenters. The van der Waals surface area contributed by atoms with Crippen LogP contribution in [0.2, 0.25) is 0 Å². The number of hydrogen-bond acceptors (Lipinski definition) is 3. The summed E-state index contributed by atoms with van der Waals surface area (Å²) in [5, 5.41) is 8.84. The van der Waals surface area contributed by atoms with Gasteiger partial charge in [0.2, 0.25) is 11.8 Å². The minimum absolute atomic E-state index is 0. The highest BCUT2D eigenvalue weighted by Crippen LogP contribution is 2.16. The molecule has 0 saturated carbocycles. The van der Waals surface area contributed by atoms with Gasteiger partial charge in [-0.05, 0) is 36.7 Å². The standard InChI is InChI=1S/C15H21N3O2.ClH/c1-10(13-8-16-9-13)15(20)17-7-12-3-5-14(6-4-12)18-11(2)19;/h3-6,10,13,16H,7-9H2,1-2H3,(H,17,20)(H,18,19);1H. The molecule has 1 saturated heterocycles. The Balaban J connectivity index is 0.00000220. The molecule has 1 aliphatic heterocycles. The lowest BCUT2D eigenvalue weighted by atomic mass is 9.88. The van der Waals surface area contributed by atoms with E-state index in [0.717, 1.165) is 24.3 Å². The van der Waals surface area contributed by atoms with Gasteiger partial charge in [-0.15, -0.1) is 12.4 Å². The van der Waals surface area contributed by atoms with E-state index in [0.29, 0.717) is 12.5 Å². The minimum atomic E-state index is -0.0889. The van der Waals surface area contributed by atoms with E-state index in [9.17, 15) is 9.59 Å². The molecule has 2 amide bonds. The zero-order valence-electron chi connectivity index (χ0n) is 12.3. The van der Waals surface area contributed by atoms with Gasteiger partial charge >= 0.3 is 0 Å². The Labute approximate surface area is 131 Å². The van der Waals surface area contributed by atoms with Crippen molar-refractivity contribution in [3.05, 3.63) is 29.8 Å². The van der Waals surface area contributed by atoms with Crippen LogP contribution >= 0.6 is 12.4 Å². The molecular weight excluding hydrogens is 290 g/mol. The quantitative estimate of drug-likeness (QED) is 0.772. The SMILES string of the molecule is CC(=O)Nc1ccc(CNC(=O)C(C)C2CNC2)cc1.Cl. The van der Waals surface area contributed by atoms with Crippen LogP contribution in [0.1, 0.15) is 19.4 Å². The maximum atomic E-state index is 12.0. The Morgan fingerprint density at radius 2 is 1.90 bits per heavy atom. The molecule has 0 spiro atoms. The second kappa shape index (κ2) is 8.00. The highest BCUT2D eigenvalue weighted by Gasteiger charge is 2.28. The number of carbonyl (C=O) groups is 2. The topological polar surface area (TPSA) is 70.2 Å². The van der Waals surface area contributed by atoms with Crippen molar-refractivity contribution in [2.75, 3.05) is 18.4 Å². The highest BCUT2D eigenvalue weighted by molar-refractivity contribution is 5.88. The molecule has 21 heavy (non-hydrogen) atoms. The fourth-order valence-electron chi connectivity index (χ4n) is 2.14. The Morgan fingerprint density at radius 3 is 2.38 bits per heavy atom. The van der Waals surface area contributed by atoms with Gasteiger partial charge in [0.25, 0.3) is 0 Å². The van der Waals surface area contributed by atoms with Crippen molar-refractivity contribution in [2.24, 2.45) is 11.8 Å². The van der Waals surface area contributed by atoms with Gasteiger partial charge in [-0.2, -0.15) is 0 Å². The van der Waals surface area contributed by atoms with Gasteiger partial charge in [-0.1, -0.05) is 19.1 Å². The molecule has 1 unspecified atom stereocenters. The van der Waals surface area contributed by atoms with Crippen LogP contribution in [0.5, 0.6) is 0 Å². The molecule has 0 aliphatic carbocycles. The zero-order chi connectivity index (χ0) is 14.5. The second-order valence-electron chi connectivity index (χ2n) is 5.30. The molecule has 3 N–H and O–H groups in total. The maximum Gasteiger partial charge on any atom is 0.223 e. The third kappa shape index (κ3) is 5.02. The van der Waals surface area contributed by atoms with Crippen LogP contribution in [-0.4, -0.2) is 24.9 Å². The number of rotatable bonds is 5. The molecule has 0 aromatic heterocycles. The van der Waals surface area contributed by atoms with Gasteiger partial charge in [-0.25, -0.2) is 0 Å². The predicted octanol–water partition coefficient (Wildman–Crippen LogP) is 1.54. The van der Waals surface area contributed by atoms with Gasteiger partial charge in [0, 0.05) is 25.1 Å². The third-order valence-electron chi connectivity index (χ3n) is 3.67. The van der Waals surface area contributed by atoms with Crippen LogP contribution in [0.4, 0.5) is 5.69 Å². The lowest BCUT2D eigenvalue weighted by Crippen LogP contribution is -2.49. The van der Waals surface area contributed by atoms with Crippen molar-refractivity contribution in [2.45, 2.75) is 20.4 Å². The minimum Gasteiger partial charge on any atom is -0.352 e. The normalized spacial score (nSPS) is 15.3. The summed E-state index contributed by atoms with van der Waals surface area (Å²) >= 11 is 0. The van der Waals surface area contributed by atoms with Crippen LogP contribution in [0.3, 0.4) is 0 Å². The summed E-state index contributed by atoms with van der Waals surface area (Å²) < 4.78 is 0. The first-order chi connectivity index (χ1) is 9.56. The maximum absolute atomic E-state index is 12.0. The highest BCUT2D eigenvalue weighted by atomic mass is 35.5. The van der Waals surface area contributed by atoms with Crippen molar-refractivity contribution in [1.29, 1.82) is 0 Å². The zero-order valence-corrected chi connectivity index (χ0v) is 13.1. The first-order valence-corrected chi connectivity index (χ1v) is 6.91. The Kier molecular flexibility index (Phi) is 6.65. The fraction of sp³-hybridized carbons (Fsp3) is 0.467. The van der Waals surface area contributed by atoms with Crippen LogP contribution in [-0.2, 0) is 16.1 Å². The lowest BCUT2D eigenvalue weighted by molar-refractivity contribution is -0.126. The van der Waals surface area contributed by atoms with E-state index in [4.69, 9.17) is 0 Å². The summed E-state index contributed by atoms with van der Waals surface area (Å²) in [6.45, 7) is 5.83. The number of hydrogen-bond donors (Lipinski definition) is 3. The molecule has 1 aromatic carbocycles. The van der Waals surface area contributed by atoms with E-state index in [1.807, 2.05) is 31.2 Å². The molecule has 2 rings (SSSR count). The molecule has 1 heterocycles. The largest absolute Gasteiger partial charge is 0.352 e. The van der Waals surface area contributed by atoms with Crippen LogP contribution in [0.25, 0.3) is 0 Å². The Morgan fingerprint density at radius 1 is 1.29 bits per heavy atom. The molecule has 116 valence electrons. The molecule has 5 nitrogen and oxygen atoms in total. The Hall–Kier alpha value is -1.59. The Bertz CT molecular complexity index is 486. The van der Waals surface area contributed by atoms with E-state index in [1.165, 1.54) is 6.92 Å². The van der Waals surface area contributed by atoms with Crippen LogP contribution < -0.4 is 16.0 Å². The summed E-state index contributed by atoms with van der Waals surface area (Å²) in [5.74, 6) is 0.517. The van der Waals surface area contributed by atoms with E-state index in [2.05, 4.69) is 16.0 Å². The number of benzene rings is 1. The summed E-state index contributed by atoms with van der Waals surface area (Å²) in [6, 6.07) is 7.48. The number of anilines is 1. The molecule has 1 aliphatic rings. The summed E-state index contributed by atoms with van der Waals surface area (Å²) in [4.78, 5) is 22.9. The number of halogens is 1. The van der Waals surface area contributed by atoms with Gasteiger partial charge < -0.3 is 16.0 Å². The van der Waals surface area contributed by atoms with Crippen molar-refractivity contribution >= 4 is 29.9 Å². The van der Waals surface area contributed by atoms with E-state index < -0.39 is 0 Å². The molecule has 6 heteroatoms. The average molecular weight is 312 g/mol. The van der Waals surface area contributed by atoms with Crippen LogP contribution in [0.15, 0.2) is 24.3 Å². The summed E-state index contributed by atoms with van der Waals surface area (Å²) in [5.41, 5.74) is 1.79. The lowest BCUT2D eigenvalue weighted by Gasteiger charge is -2.31. The molecule has 0 bridgehead atoms. The number of nitrogens with one attached hydrogen (secondary N) is 3. The number of carbonyl (C=O) groups excluding carboxylic acids is 2. The fourth-order valence-corrected chi connectivity index (χ4v) is 2.14. The first-order valence-electron chi connectivity index (χ1n) is 6.91. The van der Waals surface area contributed by atoms with Crippen molar-refractivity contribution in [1.82, 2.24) is 10.6 Å². The molecular formula is C15H22ClN3O2. The van der Waals surface area contributed by atoms with Crippen LogP contribution in [0, 0.1) is 11.8 Å². The predicted molar refractivity (Wildman–Crippen MR) is 85.4 cm³/mol. The van der Waals surface area contributed by atoms with E-state index in [1.54, 1.807) is 0 Å². The monoisotopic (exact) mass is 311 g/mol. The van der Waals surface area contributed by atoms with Gasteiger partial charge in [0.05, 0.1) is 0 Å². The summed E-state index contributed by atoms with van der Waals surface area (Å²) in [6.07, 6.45) is 0. The van der Waals surface area contributed by atoms with E-state index in [-0.39, 0.29) is 30.1 Å². The van der Waals surface area contributed by atoms with Crippen molar-refractivity contribution in [3.63, 3.8) is 0 Å². The van der Waals surface area contributed by atoms with Gasteiger partial charge in [-0.3, -0.25) is 9.59 Å².